The van der Waals surface area contributed by atoms with Crippen molar-refractivity contribution in [3.63, 3.8) is 0 Å². The molecule has 0 amide bonds. The lowest BCUT2D eigenvalue weighted by atomic mass is 9.85. The van der Waals surface area contributed by atoms with E-state index in [0.717, 1.165) is 33.6 Å². The first kappa shape index (κ1) is 16.1. The highest BCUT2D eigenvalue weighted by Crippen LogP contribution is 2.35. The average molecular weight is 295 g/mol. The molecule has 0 radical (unpaired) electrons. The molecule has 0 bridgehead atoms. The van der Waals surface area contributed by atoms with Crippen molar-refractivity contribution in [2.45, 2.75) is 32.8 Å². The Bertz CT molecular complexity index is 675. The van der Waals surface area contributed by atoms with Crippen LogP contribution in [0.15, 0.2) is 36.4 Å². The number of hydrogen-bond donors (Lipinski definition) is 1. The van der Waals surface area contributed by atoms with E-state index in [9.17, 15) is 10.4 Å². The minimum absolute atomic E-state index is 0.606. The second kappa shape index (κ2) is 6.64. The maximum Gasteiger partial charge on any atom is 0.118 e. The fourth-order valence-electron chi connectivity index (χ4n) is 2.96. The molecule has 0 aromatic heterocycles. The first-order valence-corrected chi connectivity index (χ1v) is 7.27. The molecule has 2 aromatic carbocycles. The van der Waals surface area contributed by atoms with Crippen molar-refractivity contribution in [3.05, 3.63) is 64.2 Å². The third kappa shape index (κ3) is 3.13. The summed E-state index contributed by atoms with van der Waals surface area (Å²) in [7, 11) is 1.60. The van der Waals surface area contributed by atoms with Gasteiger partial charge < -0.3 is 9.84 Å². The van der Waals surface area contributed by atoms with E-state index in [0.29, 0.717) is 0 Å². The van der Waals surface area contributed by atoms with Crippen LogP contribution in [0.5, 0.6) is 5.75 Å². The summed E-state index contributed by atoms with van der Waals surface area (Å²) >= 11 is 0. The fraction of sp³-hybridized carbons (Fsp3) is 0.316. The number of rotatable bonds is 4. The highest BCUT2D eigenvalue weighted by molar-refractivity contribution is 5.43. The average Bonchev–Trinajstić information content (AvgIpc) is 2.47. The summed E-state index contributed by atoms with van der Waals surface area (Å²) in [5.74, 6) is 0.128. The zero-order valence-corrected chi connectivity index (χ0v) is 13.4. The van der Waals surface area contributed by atoms with E-state index in [1.807, 2.05) is 45.0 Å². The molecule has 0 unspecified atom stereocenters. The second-order valence-corrected chi connectivity index (χ2v) is 5.64. The summed E-state index contributed by atoms with van der Waals surface area (Å²) in [6.07, 6.45) is -0.848. The Morgan fingerprint density at radius 1 is 1.05 bits per heavy atom. The van der Waals surface area contributed by atoms with Gasteiger partial charge in [0.2, 0.25) is 0 Å². The van der Waals surface area contributed by atoms with Crippen LogP contribution in [0.2, 0.25) is 0 Å². The van der Waals surface area contributed by atoms with Crippen LogP contribution < -0.4 is 4.74 Å². The number of aliphatic hydroxyl groups is 1. The van der Waals surface area contributed by atoms with Gasteiger partial charge in [0.1, 0.15) is 11.7 Å². The van der Waals surface area contributed by atoms with Crippen molar-refractivity contribution in [1.29, 1.82) is 5.26 Å². The van der Waals surface area contributed by atoms with Crippen molar-refractivity contribution in [2.75, 3.05) is 7.11 Å². The number of nitrogens with zero attached hydrogens (tertiary/aromatic N) is 1. The first-order valence-electron chi connectivity index (χ1n) is 7.27. The quantitative estimate of drug-likeness (QED) is 0.928. The maximum absolute atomic E-state index is 10.8. The number of aryl methyl sites for hydroxylation is 3. The Labute approximate surface area is 131 Å². The first-order chi connectivity index (χ1) is 10.5. The van der Waals surface area contributed by atoms with E-state index >= 15 is 0 Å². The molecule has 3 nitrogen and oxygen atoms in total. The lowest BCUT2D eigenvalue weighted by Crippen LogP contribution is -2.12. The molecule has 0 heterocycles. The van der Waals surface area contributed by atoms with E-state index in [1.165, 1.54) is 0 Å². The van der Waals surface area contributed by atoms with E-state index in [4.69, 9.17) is 4.74 Å². The monoisotopic (exact) mass is 295 g/mol. The van der Waals surface area contributed by atoms with Crippen LogP contribution >= 0.6 is 0 Å². The molecule has 2 aromatic rings. The number of benzene rings is 2. The van der Waals surface area contributed by atoms with Gasteiger partial charge in [0, 0.05) is 0 Å². The summed E-state index contributed by atoms with van der Waals surface area (Å²) in [5.41, 5.74) is 4.81. The van der Waals surface area contributed by atoms with Gasteiger partial charge in [-0.1, -0.05) is 29.8 Å². The molecule has 0 saturated carbocycles. The van der Waals surface area contributed by atoms with Gasteiger partial charge in [-0.25, -0.2) is 0 Å². The molecule has 1 N–H and O–H groups in total. The SMILES string of the molecule is COc1ccc([C@H](C#N)[C@@H](O)c2c(C)cc(C)cc2C)cc1. The summed E-state index contributed by atoms with van der Waals surface area (Å²) in [6, 6.07) is 13.6. The topological polar surface area (TPSA) is 53.2 Å². The number of hydrogen-bond acceptors (Lipinski definition) is 3. The van der Waals surface area contributed by atoms with Gasteiger partial charge >= 0.3 is 0 Å². The second-order valence-electron chi connectivity index (χ2n) is 5.64. The van der Waals surface area contributed by atoms with Gasteiger partial charge in [-0.15, -0.1) is 0 Å². The molecule has 0 spiro atoms. The predicted molar refractivity (Wildman–Crippen MR) is 87.0 cm³/mol. The predicted octanol–water partition coefficient (Wildman–Crippen LogP) is 3.96. The third-order valence-electron chi connectivity index (χ3n) is 3.96. The Morgan fingerprint density at radius 3 is 2.05 bits per heavy atom. The molecule has 2 atom stereocenters. The number of nitriles is 1. The largest absolute Gasteiger partial charge is 0.497 e. The number of ether oxygens (including phenoxy) is 1. The van der Waals surface area contributed by atoms with Gasteiger partial charge in [-0.05, 0) is 55.2 Å². The van der Waals surface area contributed by atoms with Crippen molar-refractivity contribution in [2.24, 2.45) is 0 Å². The van der Waals surface area contributed by atoms with Crippen LogP contribution in [0, 0.1) is 32.1 Å². The lowest BCUT2D eigenvalue weighted by Gasteiger charge is -2.22. The van der Waals surface area contributed by atoms with E-state index in [-0.39, 0.29) is 0 Å². The van der Waals surface area contributed by atoms with Gasteiger partial charge in [0.05, 0.1) is 19.3 Å². The minimum Gasteiger partial charge on any atom is -0.497 e. The van der Waals surface area contributed by atoms with Crippen molar-refractivity contribution in [1.82, 2.24) is 0 Å². The van der Waals surface area contributed by atoms with Gasteiger partial charge in [-0.2, -0.15) is 5.26 Å². The zero-order valence-electron chi connectivity index (χ0n) is 13.4. The van der Waals surface area contributed by atoms with Crippen molar-refractivity contribution < 1.29 is 9.84 Å². The standard InChI is InChI=1S/C19H21NO2/c1-12-9-13(2)18(14(3)10-12)19(21)17(11-20)15-5-7-16(22-4)8-6-15/h5-10,17,19,21H,1-4H3/t17-,19+/m0/s1. The van der Waals surface area contributed by atoms with Crippen LogP contribution in [0.4, 0.5) is 0 Å². The van der Waals surface area contributed by atoms with Gasteiger partial charge in [-0.3, -0.25) is 0 Å². The molecule has 114 valence electrons. The zero-order chi connectivity index (χ0) is 16.3. The summed E-state index contributed by atoms with van der Waals surface area (Å²) < 4.78 is 5.13. The molecular weight excluding hydrogens is 274 g/mol. The molecule has 0 aliphatic heterocycles. The lowest BCUT2D eigenvalue weighted by molar-refractivity contribution is 0.162. The van der Waals surface area contributed by atoms with E-state index in [1.54, 1.807) is 19.2 Å². The van der Waals surface area contributed by atoms with Crippen molar-refractivity contribution in [3.8, 4) is 11.8 Å². The summed E-state index contributed by atoms with van der Waals surface area (Å²) in [4.78, 5) is 0. The highest BCUT2D eigenvalue weighted by atomic mass is 16.5. The van der Waals surface area contributed by atoms with Crippen LogP contribution in [0.25, 0.3) is 0 Å². The molecule has 22 heavy (non-hydrogen) atoms. The number of aliphatic hydroxyl groups excluding tert-OH is 1. The van der Waals surface area contributed by atoms with Crippen LogP contribution in [0.3, 0.4) is 0 Å². The molecule has 0 aliphatic rings. The molecule has 0 fully saturated rings. The minimum atomic E-state index is -0.848. The third-order valence-corrected chi connectivity index (χ3v) is 3.96. The fourth-order valence-corrected chi connectivity index (χ4v) is 2.96. The summed E-state index contributed by atoms with van der Waals surface area (Å²) in [5, 5.41) is 20.3. The normalized spacial score (nSPS) is 13.3. The van der Waals surface area contributed by atoms with Crippen LogP contribution in [-0.2, 0) is 0 Å². The molecular formula is C19H21NO2. The molecule has 3 heteroatoms. The Hall–Kier alpha value is -2.31. The van der Waals surface area contributed by atoms with Crippen LogP contribution in [-0.4, -0.2) is 12.2 Å². The van der Waals surface area contributed by atoms with Crippen LogP contribution in [0.1, 0.15) is 39.8 Å². The number of methoxy groups -OCH3 is 1. The van der Waals surface area contributed by atoms with Crippen molar-refractivity contribution >= 4 is 0 Å². The summed E-state index contributed by atoms with van der Waals surface area (Å²) in [6.45, 7) is 5.98. The van der Waals surface area contributed by atoms with E-state index < -0.39 is 12.0 Å². The Balaban J connectivity index is 2.41. The Kier molecular flexibility index (Phi) is 4.85. The maximum atomic E-state index is 10.8. The van der Waals surface area contributed by atoms with Gasteiger partial charge in [0.15, 0.2) is 0 Å². The molecule has 2 rings (SSSR count). The Morgan fingerprint density at radius 2 is 1.59 bits per heavy atom. The van der Waals surface area contributed by atoms with Gasteiger partial charge in [0.25, 0.3) is 0 Å². The molecule has 0 saturated heterocycles. The highest BCUT2D eigenvalue weighted by Gasteiger charge is 2.25. The van der Waals surface area contributed by atoms with E-state index in [2.05, 4.69) is 6.07 Å². The molecule has 0 aliphatic carbocycles. The smallest absolute Gasteiger partial charge is 0.118 e.